The molecule has 2 amide bonds. The van der Waals surface area contributed by atoms with Crippen LogP contribution in [0, 0.1) is 5.92 Å². The van der Waals surface area contributed by atoms with Crippen molar-refractivity contribution in [1.29, 1.82) is 0 Å². The number of aromatic nitrogens is 1. The first kappa shape index (κ1) is 20.1. The molecule has 3 fully saturated rings. The number of nitrogens with zero attached hydrogens (tertiary/aromatic N) is 4. The Morgan fingerprint density at radius 2 is 2.07 bits per heavy atom. The Balaban J connectivity index is 1.34. The van der Waals surface area contributed by atoms with E-state index in [0.29, 0.717) is 44.0 Å². The lowest BCUT2D eigenvalue weighted by molar-refractivity contribution is 0.00316. The van der Waals surface area contributed by atoms with Crippen molar-refractivity contribution in [2.75, 3.05) is 46.3 Å². The second-order valence-electron chi connectivity index (χ2n) is 8.94. The van der Waals surface area contributed by atoms with E-state index in [9.17, 15) is 9.59 Å². The van der Waals surface area contributed by atoms with Crippen LogP contribution in [0.4, 0.5) is 4.79 Å². The van der Waals surface area contributed by atoms with Crippen LogP contribution in [0.1, 0.15) is 48.5 Å². The topological polar surface area (TPSA) is 66.0 Å². The van der Waals surface area contributed by atoms with E-state index in [0.717, 1.165) is 18.5 Å². The highest BCUT2D eigenvalue weighted by Crippen LogP contribution is 2.33. The van der Waals surface area contributed by atoms with Gasteiger partial charge in [0.2, 0.25) is 0 Å². The first-order valence-electron chi connectivity index (χ1n) is 10.9. The molecular weight excluding hydrogens is 368 g/mol. The molecule has 3 aliphatic heterocycles. The van der Waals surface area contributed by atoms with E-state index in [1.165, 1.54) is 25.9 Å². The molecule has 1 aromatic rings. The molecule has 4 rings (SSSR count). The molecule has 3 aliphatic rings. The van der Waals surface area contributed by atoms with Crippen LogP contribution in [-0.4, -0.2) is 83.6 Å². The molecule has 0 saturated carbocycles. The van der Waals surface area contributed by atoms with Crippen LogP contribution in [0.3, 0.4) is 0 Å². The van der Waals surface area contributed by atoms with Gasteiger partial charge >= 0.3 is 6.09 Å². The average molecular weight is 401 g/mol. The van der Waals surface area contributed by atoms with E-state index in [4.69, 9.17) is 4.74 Å². The van der Waals surface area contributed by atoms with Crippen molar-refractivity contribution in [3.63, 3.8) is 0 Å². The third-order valence-electron chi connectivity index (χ3n) is 6.58. The lowest BCUT2D eigenvalue weighted by atomic mass is 9.91. The lowest BCUT2D eigenvalue weighted by Gasteiger charge is -2.37. The molecule has 158 valence electrons. The first-order valence-corrected chi connectivity index (χ1v) is 10.9. The quantitative estimate of drug-likeness (QED) is 0.759. The molecule has 7 nitrogen and oxygen atoms in total. The standard InChI is InChI=1S/C22H32N4O3/c1-3-7-25-8-4-17(15-25)11-18-12-19(14-23-13-18)20(27)26-9-5-22(6-10-26)16-24(2)21(28)29-22/h12-14,17H,3-11,15-16H2,1-2H3. The number of carbonyl (C=O) groups excluding carboxylic acids is 2. The molecule has 7 heteroatoms. The van der Waals surface area contributed by atoms with E-state index in [1.54, 1.807) is 18.1 Å². The molecular formula is C22H32N4O3. The van der Waals surface area contributed by atoms with Crippen LogP contribution < -0.4 is 0 Å². The predicted molar refractivity (Wildman–Crippen MR) is 110 cm³/mol. The highest BCUT2D eigenvalue weighted by atomic mass is 16.6. The Morgan fingerprint density at radius 3 is 2.76 bits per heavy atom. The Bertz CT molecular complexity index is 760. The summed E-state index contributed by atoms with van der Waals surface area (Å²) >= 11 is 0. The van der Waals surface area contributed by atoms with Crippen molar-refractivity contribution >= 4 is 12.0 Å². The largest absolute Gasteiger partial charge is 0.441 e. The van der Waals surface area contributed by atoms with Crippen molar-refractivity contribution < 1.29 is 14.3 Å². The Morgan fingerprint density at radius 1 is 1.28 bits per heavy atom. The summed E-state index contributed by atoms with van der Waals surface area (Å²) in [6.45, 7) is 7.56. The van der Waals surface area contributed by atoms with Gasteiger partial charge in [0.05, 0.1) is 12.1 Å². The first-order chi connectivity index (χ1) is 14.0. The fourth-order valence-corrected chi connectivity index (χ4v) is 5.00. The van der Waals surface area contributed by atoms with Crippen LogP contribution >= 0.6 is 0 Å². The number of hydrogen-bond donors (Lipinski definition) is 0. The van der Waals surface area contributed by atoms with Crippen molar-refractivity contribution in [3.8, 4) is 0 Å². The number of likely N-dealkylation sites (tertiary alicyclic amines) is 2. The molecule has 3 saturated heterocycles. The minimum Gasteiger partial charge on any atom is -0.441 e. The fourth-order valence-electron chi connectivity index (χ4n) is 5.00. The summed E-state index contributed by atoms with van der Waals surface area (Å²) in [4.78, 5) is 35.1. The van der Waals surface area contributed by atoms with E-state index in [-0.39, 0.29) is 12.0 Å². The molecule has 0 aromatic carbocycles. The van der Waals surface area contributed by atoms with E-state index >= 15 is 0 Å². The number of amides is 2. The van der Waals surface area contributed by atoms with Gasteiger partial charge in [-0.3, -0.25) is 9.78 Å². The van der Waals surface area contributed by atoms with Crippen molar-refractivity contribution in [2.45, 2.75) is 44.6 Å². The molecule has 0 aliphatic carbocycles. The van der Waals surface area contributed by atoms with Gasteiger partial charge in [0.15, 0.2) is 0 Å². The second kappa shape index (κ2) is 8.30. The van der Waals surface area contributed by atoms with Crippen molar-refractivity contribution in [1.82, 2.24) is 19.7 Å². The summed E-state index contributed by atoms with van der Waals surface area (Å²) < 4.78 is 5.59. The number of rotatable bonds is 5. The number of likely N-dealkylation sites (N-methyl/N-ethyl adjacent to an activating group) is 1. The highest BCUT2D eigenvalue weighted by molar-refractivity contribution is 5.94. The van der Waals surface area contributed by atoms with Gasteiger partial charge in [0, 0.05) is 51.9 Å². The summed E-state index contributed by atoms with van der Waals surface area (Å²) in [5.74, 6) is 0.684. The second-order valence-corrected chi connectivity index (χ2v) is 8.94. The fraction of sp³-hybridized carbons (Fsp3) is 0.682. The third kappa shape index (κ3) is 4.39. The summed E-state index contributed by atoms with van der Waals surface area (Å²) in [6.07, 6.45) is 8.11. The molecule has 1 aromatic heterocycles. The molecule has 0 bridgehead atoms. The van der Waals surface area contributed by atoms with Gasteiger partial charge in [-0.15, -0.1) is 0 Å². The summed E-state index contributed by atoms with van der Waals surface area (Å²) in [7, 11) is 1.76. The Kier molecular flexibility index (Phi) is 5.76. The van der Waals surface area contributed by atoms with Crippen LogP contribution in [0.15, 0.2) is 18.5 Å². The molecule has 0 N–H and O–H groups in total. The Hall–Kier alpha value is -2.15. The van der Waals surface area contributed by atoms with Crippen LogP contribution in [0.25, 0.3) is 0 Å². The van der Waals surface area contributed by atoms with E-state index in [2.05, 4.69) is 16.8 Å². The zero-order valence-corrected chi connectivity index (χ0v) is 17.6. The summed E-state index contributed by atoms with van der Waals surface area (Å²) in [6, 6.07) is 2.02. The van der Waals surface area contributed by atoms with Gasteiger partial charge in [-0.05, 0) is 49.9 Å². The molecule has 1 atom stereocenters. The zero-order chi connectivity index (χ0) is 20.4. The third-order valence-corrected chi connectivity index (χ3v) is 6.58. The number of piperidine rings is 1. The lowest BCUT2D eigenvalue weighted by Crippen LogP contribution is -2.48. The minimum atomic E-state index is -0.421. The van der Waals surface area contributed by atoms with Crippen LogP contribution in [-0.2, 0) is 11.2 Å². The van der Waals surface area contributed by atoms with E-state index in [1.807, 2.05) is 17.2 Å². The minimum absolute atomic E-state index is 0.0332. The maximum Gasteiger partial charge on any atom is 0.410 e. The van der Waals surface area contributed by atoms with Crippen LogP contribution in [0.2, 0.25) is 0 Å². The zero-order valence-electron chi connectivity index (χ0n) is 17.6. The van der Waals surface area contributed by atoms with Gasteiger partial charge in [-0.1, -0.05) is 6.92 Å². The van der Waals surface area contributed by atoms with Gasteiger partial charge in [-0.25, -0.2) is 4.79 Å². The maximum atomic E-state index is 13.0. The van der Waals surface area contributed by atoms with Gasteiger partial charge in [0.1, 0.15) is 5.60 Å². The van der Waals surface area contributed by atoms with Crippen molar-refractivity contribution in [2.24, 2.45) is 5.92 Å². The molecule has 4 heterocycles. The average Bonchev–Trinajstić information content (AvgIpc) is 3.26. The van der Waals surface area contributed by atoms with Crippen LogP contribution in [0.5, 0.6) is 0 Å². The SMILES string of the molecule is CCCN1CCC(Cc2cncc(C(=O)N3CCC4(CC3)CN(C)C(=O)O4)c2)C1. The number of ether oxygens (including phenoxy) is 1. The van der Waals surface area contributed by atoms with Gasteiger partial charge in [-0.2, -0.15) is 0 Å². The Labute approximate surface area is 173 Å². The number of hydrogen-bond acceptors (Lipinski definition) is 5. The van der Waals surface area contributed by atoms with E-state index < -0.39 is 5.60 Å². The normalized spacial score (nSPS) is 24.3. The molecule has 1 unspecified atom stereocenters. The summed E-state index contributed by atoms with van der Waals surface area (Å²) in [5, 5.41) is 0. The number of pyridine rings is 1. The highest BCUT2D eigenvalue weighted by Gasteiger charge is 2.46. The molecule has 0 radical (unpaired) electrons. The molecule has 1 spiro atoms. The van der Waals surface area contributed by atoms with Gasteiger partial charge in [0.25, 0.3) is 5.91 Å². The smallest absolute Gasteiger partial charge is 0.410 e. The molecule has 29 heavy (non-hydrogen) atoms. The monoisotopic (exact) mass is 400 g/mol. The predicted octanol–water partition coefficient (Wildman–Crippen LogP) is 2.41. The van der Waals surface area contributed by atoms with Crippen molar-refractivity contribution in [3.05, 3.63) is 29.6 Å². The summed E-state index contributed by atoms with van der Waals surface area (Å²) in [5.41, 5.74) is 1.40. The maximum absolute atomic E-state index is 13.0. The number of carbonyl (C=O) groups is 2. The van der Waals surface area contributed by atoms with Gasteiger partial charge < -0.3 is 19.4 Å².